The molecule has 0 aliphatic carbocycles. The molecule has 0 saturated carbocycles. The van der Waals surface area contributed by atoms with Crippen molar-refractivity contribution in [2.75, 3.05) is 7.11 Å². The molecule has 0 heterocycles. The maximum absolute atomic E-state index is 14.7. The van der Waals surface area contributed by atoms with E-state index in [0.29, 0.717) is 7.11 Å². The zero-order chi connectivity index (χ0) is 24.1. The minimum Gasteiger partial charge on any atom is -0.495 e. The molecule has 0 unspecified atom stereocenters. The monoisotopic (exact) mass is 486 g/mol. The second-order valence-corrected chi connectivity index (χ2v) is 8.90. The Balaban J connectivity index is 2.64. The van der Waals surface area contributed by atoms with Gasteiger partial charge in [0.1, 0.15) is 29.0 Å². The van der Waals surface area contributed by atoms with Gasteiger partial charge in [-0.15, -0.1) is 0 Å². The van der Waals surface area contributed by atoms with Crippen molar-refractivity contribution in [1.29, 1.82) is 0 Å². The van der Waals surface area contributed by atoms with Crippen LogP contribution in [-0.2, 0) is 0 Å². The maximum Gasteiger partial charge on any atom is 0.414 e. The molecule has 0 amide bonds. The molecule has 0 aliphatic heterocycles. The van der Waals surface area contributed by atoms with Gasteiger partial charge in [-0.05, 0) is 13.3 Å². The third-order valence-corrected chi connectivity index (χ3v) is 7.78. The molecule has 0 saturated heterocycles. The van der Waals surface area contributed by atoms with E-state index in [2.05, 4.69) is 4.74 Å². The first kappa shape index (κ1) is 23.9. The normalized spacial score (nSPS) is 11.1. The quantitative estimate of drug-likeness (QED) is 0.311. The fourth-order valence-corrected chi connectivity index (χ4v) is 6.53. The zero-order valence-corrected chi connectivity index (χ0v) is 16.5. The van der Waals surface area contributed by atoms with Gasteiger partial charge in [-0.1, -0.05) is 0 Å². The molecule has 0 N–H and O–H groups in total. The average Bonchev–Trinajstić information content (AvgIpc) is 2.72. The third kappa shape index (κ3) is 3.69. The molecule has 32 heavy (non-hydrogen) atoms. The highest BCUT2D eigenvalue weighted by Gasteiger charge is 2.44. The summed E-state index contributed by atoms with van der Waals surface area (Å²) in [6, 6.07) is -0.711. The number of benzene rings is 3. The molecule has 168 valence electrons. The lowest BCUT2D eigenvalue weighted by Crippen LogP contribution is -2.59. The SMILES string of the molecule is COc1c(F)cc(F)c(F)[c]1[Al]([c]1c(F)c(F)cc(F)c1F)[c]1c(F)c(F)cc(F)c1F. The molecule has 13 heteroatoms. The van der Waals surface area contributed by atoms with Crippen molar-refractivity contribution in [3.63, 3.8) is 0 Å². The van der Waals surface area contributed by atoms with E-state index in [9.17, 15) is 48.3 Å². The number of rotatable bonds is 4. The number of hydrogen-bond acceptors (Lipinski definition) is 1. The molecule has 0 spiro atoms. The molecule has 1 nitrogen and oxygen atoms in total. The van der Waals surface area contributed by atoms with Crippen molar-refractivity contribution < 1.29 is 53.0 Å². The van der Waals surface area contributed by atoms with Crippen LogP contribution in [0.1, 0.15) is 0 Å². The summed E-state index contributed by atoms with van der Waals surface area (Å²) in [5.41, 5.74) is 0. The summed E-state index contributed by atoms with van der Waals surface area (Å²) in [7, 11) is 0.641. The summed E-state index contributed by atoms with van der Waals surface area (Å²) in [5.74, 6) is -25.2. The van der Waals surface area contributed by atoms with Crippen molar-refractivity contribution in [2.24, 2.45) is 0 Å². The van der Waals surface area contributed by atoms with Crippen LogP contribution in [-0.4, -0.2) is 21.3 Å². The molecule has 3 rings (SSSR count). The van der Waals surface area contributed by atoms with Gasteiger partial charge < -0.3 is 4.74 Å². The van der Waals surface area contributed by atoms with Crippen molar-refractivity contribution in [2.45, 2.75) is 0 Å². The molecule has 3 aromatic carbocycles. The summed E-state index contributed by atoms with van der Waals surface area (Å²) < 4.78 is 156. The fraction of sp³-hybridized carbons (Fsp3) is 0.0526. The van der Waals surface area contributed by atoms with Gasteiger partial charge in [-0.25, -0.2) is 48.3 Å². The van der Waals surface area contributed by atoms with Crippen LogP contribution in [0.3, 0.4) is 0 Å². The smallest absolute Gasteiger partial charge is 0.414 e. The minimum atomic E-state index is -5.17. The number of hydrogen-bond donors (Lipinski definition) is 0. The van der Waals surface area contributed by atoms with Gasteiger partial charge >= 0.3 is 14.1 Å². The van der Waals surface area contributed by atoms with Gasteiger partial charge in [-0.3, -0.25) is 0 Å². The van der Waals surface area contributed by atoms with Crippen molar-refractivity contribution in [3.05, 3.63) is 82.2 Å². The predicted octanol–water partition coefficient (Wildman–Crippen LogP) is 3.74. The summed E-state index contributed by atoms with van der Waals surface area (Å²) in [6.07, 6.45) is 0. The van der Waals surface area contributed by atoms with Gasteiger partial charge in [-0.2, -0.15) is 0 Å². The lowest BCUT2D eigenvalue weighted by atomic mass is 10.3. The van der Waals surface area contributed by atoms with E-state index >= 15 is 0 Å². The maximum atomic E-state index is 14.7. The largest absolute Gasteiger partial charge is 0.495 e. The Hall–Kier alpha value is -2.78. The molecular formula is C19H6AlF11O. The summed E-state index contributed by atoms with van der Waals surface area (Å²) in [4.78, 5) is 0. The Labute approximate surface area is 176 Å². The van der Waals surface area contributed by atoms with E-state index in [-0.39, 0.29) is 18.2 Å². The lowest BCUT2D eigenvalue weighted by molar-refractivity contribution is 0.381. The van der Waals surface area contributed by atoms with Gasteiger partial charge in [0.05, 0.1) is 7.11 Å². The minimum absolute atomic E-state index is 0.0964. The first-order valence-corrected chi connectivity index (χ1v) is 10.0. The van der Waals surface area contributed by atoms with Crippen molar-refractivity contribution in [3.8, 4) is 5.75 Å². The van der Waals surface area contributed by atoms with Crippen molar-refractivity contribution in [1.82, 2.24) is 0 Å². The fourth-order valence-electron chi connectivity index (χ4n) is 3.19. The molecule has 0 aromatic heterocycles. The molecule has 0 fully saturated rings. The zero-order valence-electron chi connectivity index (χ0n) is 15.4. The second-order valence-electron chi connectivity index (χ2n) is 6.30. The van der Waals surface area contributed by atoms with E-state index in [1.165, 1.54) is 0 Å². The molecule has 0 aliphatic rings. The topological polar surface area (TPSA) is 9.23 Å². The third-order valence-electron chi connectivity index (χ3n) is 4.52. The van der Waals surface area contributed by atoms with Gasteiger partial charge in [0.15, 0.2) is 40.7 Å². The van der Waals surface area contributed by atoms with Crippen LogP contribution in [0.25, 0.3) is 0 Å². The van der Waals surface area contributed by atoms with Gasteiger partial charge in [0.25, 0.3) is 0 Å². The Morgan fingerprint density at radius 3 is 1.06 bits per heavy atom. The summed E-state index contributed by atoms with van der Waals surface area (Å²) in [5, 5.41) is 0. The Bertz CT molecular complexity index is 1130. The Kier molecular flexibility index (Phi) is 6.44. The highest BCUT2D eigenvalue weighted by molar-refractivity contribution is 6.96. The van der Waals surface area contributed by atoms with Gasteiger partial charge in [0.2, 0.25) is 0 Å². The van der Waals surface area contributed by atoms with E-state index in [1.54, 1.807) is 0 Å². The first-order chi connectivity index (χ1) is 14.9. The molecule has 0 atom stereocenters. The summed E-state index contributed by atoms with van der Waals surface area (Å²) >= 11 is -5.17. The Morgan fingerprint density at radius 2 is 0.750 bits per heavy atom. The van der Waals surface area contributed by atoms with Gasteiger partial charge in [0, 0.05) is 18.2 Å². The Morgan fingerprint density at radius 1 is 0.469 bits per heavy atom. The van der Waals surface area contributed by atoms with Crippen LogP contribution in [0.2, 0.25) is 0 Å². The van der Waals surface area contributed by atoms with E-state index in [4.69, 9.17) is 0 Å². The van der Waals surface area contributed by atoms with Crippen LogP contribution in [0.5, 0.6) is 5.75 Å². The number of methoxy groups -OCH3 is 1. The first-order valence-electron chi connectivity index (χ1n) is 8.29. The van der Waals surface area contributed by atoms with Crippen LogP contribution in [0.15, 0.2) is 18.2 Å². The lowest BCUT2D eigenvalue weighted by Gasteiger charge is -2.21. The molecule has 0 bridgehead atoms. The molecule has 3 aromatic rings. The highest BCUT2D eigenvalue weighted by Crippen LogP contribution is 2.23. The predicted molar refractivity (Wildman–Crippen MR) is 90.1 cm³/mol. The van der Waals surface area contributed by atoms with Crippen molar-refractivity contribution >= 4 is 27.4 Å². The number of ether oxygens (including phenoxy) is 1. The van der Waals surface area contributed by atoms with Crippen LogP contribution >= 0.6 is 0 Å². The second kappa shape index (κ2) is 8.63. The van der Waals surface area contributed by atoms with E-state index in [1.807, 2.05) is 0 Å². The van der Waals surface area contributed by atoms with Crippen LogP contribution < -0.4 is 18.0 Å². The van der Waals surface area contributed by atoms with E-state index < -0.39 is 97.2 Å². The highest BCUT2D eigenvalue weighted by atomic mass is 27.2. The van der Waals surface area contributed by atoms with Crippen LogP contribution in [0, 0.1) is 64.0 Å². The standard InChI is InChI=1S/C7H4F3O.2C6HF4.Al/c1-11-7-3-5(9)4(8)2-6(7)10;2*7-3-1-4(8)6(10)2-5(3)9;/h2H,1H3;2*1H;. The average molecular weight is 486 g/mol. The number of halogens is 11. The summed E-state index contributed by atoms with van der Waals surface area (Å²) in [6.45, 7) is 0. The van der Waals surface area contributed by atoms with E-state index in [0.717, 1.165) is 0 Å². The molecule has 0 radical (unpaired) electrons. The van der Waals surface area contributed by atoms with Crippen LogP contribution in [0.4, 0.5) is 48.3 Å². The molecular weight excluding hydrogens is 480 g/mol.